The third-order valence-corrected chi connectivity index (χ3v) is 6.13. The van der Waals surface area contributed by atoms with Crippen LogP contribution in [0.2, 0.25) is 0 Å². The minimum absolute atomic E-state index is 0.171. The lowest BCUT2D eigenvalue weighted by Crippen LogP contribution is -2.24. The average molecular weight is 528 g/mol. The van der Waals surface area contributed by atoms with Gasteiger partial charge in [0.25, 0.3) is 0 Å². The summed E-state index contributed by atoms with van der Waals surface area (Å²) >= 11 is 0. The molecule has 39 heavy (non-hydrogen) atoms. The number of hydrogen-bond acceptors (Lipinski definition) is 8. The normalized spacial score (nSPS) is 12.2. The van der Waals surface area contributed by atoms with E-state index in [1.54, 1.807) is 98.0 Å². The van der Waals surface area contributed by atoms with E-state index in [4.69, 9.17) is 18.9 Å². The van der Waals surface area contributed by atoms with Gasteiger partial charge < -0.3 is 29.4 Å². The van der Waals surface area contributed by atoms with E-state index >= 15 is 0 Å². The largest absolute Gasteiger partial charge is 0.493 e. The Morgan fingerprint density at radius 3 is 1.51 bits per heavy atom. The second-order valence-corrected chi connectivity index (χ2v) is 8.54. The van der Waals surface area contributed by atoms with Crippen LogP contribution in [0, 0.1) is 0 Å². The first-order valence-corrected chi connectivity index (χ1v) is 12.2. The van der Waals surface area contributed by atoms with E-state index in [2.05, 4.69) is 5.32 Å². The molecule has 4 rings (SSSR count). The number of carbonyl (C=O) groups is 2. The van der Waals surface area contributed by atoms with Crippen molar-refractivity contribution >= 4 is 11.9 Å². The molecule has 0 bridgehead atoms. The number of ether oxygens (including phenoxy) is 4. The van der Waals surface area contributed by atoms with Crippen molar-refractivity contribution in [3.63, 3.8) is 0 Å². The van der Waals surface area contributed by atoms with Crippen molar-refractivity contribution in [2.75, 3.05) is 21.3 Å². The van der Waals surface area contributed by atoms with Gasteiger partial charge in [-0.15, -0.1) is 0 Å². The Morgan fingerprint density at radius 2 is 1.08 bits per heavy atom. The Bertz CT molecular complexity index is 1420. The monoisotopic (exact) mass is 527 g/mol. The molecule has 8 heteroatoms. The molecule has 0 fully saturated rings. The van der Waals surface area contributed by atoms with Gasteiger partial charge in [-0.1, -0.05) is 48.5 Å². The Morgan fingerprint density at radius 1 is 0.641 bits per heavy atom. The molecule has 0 amide bonds. The molecule has 2 atom stereocenters. The average Bonchev–Trinajstić information content (AvgIpc) is 2.98. The first-order valence-electron chi connectivity index (χ1n) is 12.2. The fourth-order valence-corrected chi connectivity index (χ4v) is 4.09. The number of nitrogens with one attached hydrogen (secondary N) is 1. The first kappa shape index (κ1) is 27.4. The quantitative estimate of drug-likeness (QED) is 0.216. The van der Waals surface area contributed by atoms with Crippen LogP contribution in [0.15, 0.2) is 97.1 Å². The lowest BCUT2D eigenvalue weighted by Gasteiger charge is -2.25. The zero-order chi connectivity index (χ0) is 27.8. The number of carbonyl (C=O) groups excluding carboxylic acids is 2. The van der Waals surface area contributed by atoms with Crippen molar-refractivity contribution in [2.45, 2.75) is 12.1 Å². The van der Waals surface area contributed by atoms with E-state index in [1.807, 2.05) is 6.07 Å². The van der Waals surface area contributed by atoms with Crippen LogP contribution >= 0.6 is 0 Å². The number of methoxy groups -OCH3 is 2. The fraction of sp³-hybridized carbons (Fsp3) is 0.161. The van der Waals surface area contributed by atoms with Gasteiger partial charge in [-0.25, -0.2) is 9.59 Å². The molecule has 0 saturated carbocycles. The summed E-state index contributed by atoms with van der Waals surface area (Å²) in [5, 5.41) is 14.5. The van der Waals surface area contributed by atoms with Gasteiger partial charge in [-0.05, 0) is 66.7 Å². The summed E-state index contributed by atoms with van der Waals surface area (Å²) < 4.78 is 22.0. The molecule has 0 unspecified atom stereocenters. The number of aliphatic hydroxyl groups is 1. The molecule has 0 heterocycles. The molecule has 0 aliphatic rings. The lowest BCUT2D eigenvalue weighted by atomic mass is 9.95. The van der Waals surface area contributed by atoms with E-state index in [-0.39, 0.29) is 11.5 Å². The van der Waals surface area contributed by atoms with Gasteiger partial charge in [-0.3, -0.25) is 0 Å². The minimum atomic E-state index is -1.07. The number of hydrogen-bond donors (Lipinski definition) is 2. The third kappa shape index (κ3) is 6.43. The number of rotatable bonds is 10. The highest BCUT2D eigenvalue weighted by Gasteiger charge is 2.25. The van der Waals surface area contributed by atoms with Crippen molar-refractivity contribution in [2.24, 2.45) is 0 Å². The molecule has 4 aromatic carbocycles. The molecule has 0 radical (unpaired) electrons. The van der Waals surface area contributed by atoms with Crippen LogP contribution in [-0.4, -0.2) is 38.3 Å². The van der Waals surface area contributed by atoms with Crippen molar-refractivity contribution in [3.8, 4) is 23.0 Å². The Labute approximate surface area is 226 Å². The van der Waals surface area contributed by atoms with Crippen LogP contribution in [0.3, 0.4) is 0 Å². The topological polar surface area (TPSA) is 103 Å². The molecule has 0 aromatic heterocycles. The van der Waals surface area contributed by atoms with Crippen molar-refractivity contribution in [3.05, 3.63) is 119 Å². The van der Waals surface area contributed by atoms with Crippen molar-refractivity contribution in [1.29, 1.82) is 0 Å². The lowest BCUT2D eigenvalue weighted by molar-refractivity contribution is 0.0718. The molecule has 8 nitrogen and oxygen atoms in total. The van der Waals surface area contributed by atoms with Gasteiger partial charge in [0.15, 0.2) is 23.0 Å². The molecule has 0 spiro atoms. The van der Waals surface area contributed by atoms with E-state index in [1.165, 1.54) is 14.2 Å². The Balaban J connectivity index is 1.61. The SMILES string of the molecule is CN[C@H](c1ccc(OC)c(OC(=O)c2ccccc2)c1)[C@@H](O)c1ccc(OC)c(OC(=O)c2ccccc2)c1. The van der Waals surface area contributed by atoms with Gasteiger partial charge in [0, 0.05) is 0 Å². The summed E-state index contributed by atoms with van der Waals surface area (Å²) in [6, 6.07) is 26.5. The number of benzene rings is 4. The molecule has 2 N–H and O–H groups in total. The summed E-state index contributed by atoms with van der Waals surface area (Å²) in [5.41, 5.74) is 1.89. The molecule has 0 aliphatic heterocycles. The van der Waals surface area contributed by atoms with Gasteiger partial charge in [0.2, 0.25) is 0 Å². The first-order chi connectivity index (χ1) is 18.9. The maximum Gasteiger partial charge on any atom is 0.343 e. The molecular weight excluding hydrogens is 498 g/mol. The Hall–Kier alpha value is -4.66. The molecule has 200 valence electrons. The summed E-state index contributed by atoms with van der Waals surface area (Å²) in [6.45, 7) is 0. The maximum absolute atomic E-state index is 12.7. The van der Waals surface area contributed by atoms with E-state index in [9.17, 15) is 14.7 Å². The summed E-state index contributed by atoms with van der Waals surface area (Å²) in [5.74, 6) is 0.00887. The van der Waals surface area contributed by atoms with Crippen LogP contribution in [0.1, 0.15) is 44.0 Å². The molecular formula is C31H29NO7. The highest BCUT2D eigenvalue weighted by atomic mass is 16.6. The standard InChI is InChI=1S/C31H29NO7/c1-32-28(22-14-16-24(36-2)26(18-22)38-30(34)20-10-6-4-7-11-20)29(33)23-15-17-25(37-3)27(19-23)39-31(35)21-12-8-5-9-13-21/h4-19,28-29,32-33H,1-3H3/t28-,29+/m1/s1. The summed E-state index contributed by atoms with van der Waals surface area (Å²) in [4.78, 5) is 25.3. The fourth-order valence-electron chi connectivity index (χ4n) is 4.09. The van der Waals surface area contributed by atoms with Gasteiger partial charge in [-0.2, -0.15) is 0 Å². The second kappa shape index (κ2) is 12.7. The van der Waals surface area contributed by atoms with Crippen molar-refractivity contribution < 1.29 is 33.6 Å². The predicted octanol–water partition coefficient (Wildman–Crippen LogP) is 5.14. The highest BCUT2D eigenvalue weighted by molar-refractivity contribution is 5.92. The minimum Gasteiger partial charge on any atom is -0.493 e. The van der Waals surface area contributed by atoms with Gasteiger partial charge in [0.1, 0.15) is 0 Å². The Kier molecular flexibility index (Phi) is 8.94. The van der Waals surface area contributed by atoms with Gasteiger partial charge in [0.05, 0.1) is 37.5 Å². The molecule has 0 saturated heterocycles. The van der Waals surface area contributed by atoms with E-state index < -0.39 is 24.1 Å². The number of likely N-dealkylation sites (N-methyl/N-ethyl adjacent to an activating group) is 1. The number of esters is 2. The predicted molar refractivity (Wildman–Crippen MR) is 146 cm³/mol. The van der Waals surface area contributed by atoms with Crippen LogP contribution in [0.5, 0.6) is 23.0 Å². The van der Waals surface area contributed by atoms with E-state index in [0.29, 0.717) is 33.8 Å². The third-order valence-electron chi connectivity index (χ3n) is 6.13. The highest BCUT2D eigenvalue weighted by Crippen LogP contribution is 2.38. The number of aliphatic hydroxyl groups excluding tert-OH is 1. The second-order valence-electron chi connectivity index (χ2n) is 8.54. The zero-order valence-corrected chi connectivity index (χ0v) is 21.8. The molecule has 4 aromatic rings. The molecule has 0 aliphatic carbocycles. The summed E-state index contributed by atoms with van der Waals surface area (Å²) in [6.07, 6.45) is -1.07. The van der Waals surface area contributed by atoms with Crippen LogP contribution < -0.4 is 24.3 Å². The summed E-state index contributed by atoms with van der Waals surface area (Å²) in [7, 11) is 4.65. The van der Waals surface area contributed by atoms with Crippen LogP contribution in [-0.2, 0) is 0 Å². The van der Waals surface area contributed by atoms with Gasteiger partial charge >= 0.3 is 11.9 Å². The van der Waals surface area contributed by atoms with Crippen LogP contribution in [0.4, 0.5) is 0 Å². The maximum atomic E-state index is 12.7. The zero-order valence-electron chi connectivity index (χ0n) is 21.8. The van der Waals surface area contributed by atoms with Crippen molar-refractivity contribution in [1.82, 2.24) is 5.32 Å². The van der Waals surface area contributed by atoms with Crippen LogP contribution in [0.25, 0.3) is 0 Å². The smallest absolute Gasteiger partial charge is 0.343 e. The van der Waals surface area contributed by atoms with E-state index in [0.717, 1.165) is 0 Å².